The number of thiophene rings is 1. The maximum Gasteiger partial charge on any atom is 0.267 e. The molecule has 1 aliphatic carbocycles. The number of benzene rings is 2. The van der Waals surface area contributed by atoms with Gasteiger partial charge in [0.2, 0.25) is 0 Å². The van der Waals surface area contributed by atoms with E-state index in [0.717, 1.165) is 98.2 Å². The van der Waals surface area contributed by atoms with Gasteiger partial charge in [0, 0.05) is 65.9 Å². The molecule has 4 aliphatic rings. The first kappa shape index (κ1) is 64.3. The number of aromatic nitrogens is 4. The highest BCUT2D eigenvalue weighted by Gasteiger charge is 2.45. The Balaban J connectivity index is 0.000000413. The number of fused-ring (bicyclic) bond motifs is 3. The zero-order chi connectivity index (χ0) is 57.1. The molecule has 21 heteroatoms. The number of oxazole rings is 1. The smallest absolute Gasteiger partial charge is 0.267 e. The summed E-state index contributed by atoms with van der Waals surface area (Å²) in [7, 11) is 0. The molecule has 2 saturated heterocycles. The van der Waals surface area contributed by atoms with Crippen molar-refractivity contribution < 1.29 is 19.1 Å². The van der Waals surface area contributed by atoms with E-state index in [9.17, 15) is 9.59 Å². The van der Waals surface area contributed by atoms with Gasteiger partial charge in [-0.05, 0) is 114 Å². The Kier molecular flexibility index (Phi) is 25.0. The summed E-state index contributed by atoms with van der Waals surface area (Å²) in [6, 6.07) is 14.9. The third kappa shape index (κ3) is 16.9. The molecule has 79 heavy (non-hydrogen) atoms. The number of likely N-dealkylation sites (N-methyl/N-ethyl adjacent to an activating group) is 1. The first-order valence-electron chi connectivity index (χ1n) is 26.6. The topological polar surface area (TPSA) is 282 Å². The number of aromatic hydroxyl groups is 1. The van der Waals surface area contributed by atoms with Crippen LogP contribution in [0.2, 0.25) is 5.02 Å². The van der Waals surface area contributed by atoms with E-state index in [2.05, 4.69) is 78.3 Å². The van der Waals surface area contributed by atoms with Crippen LogP contribution in [0.15, 0.2) is 111 Å². The number of amides is 2. The van der Waals surface area contributed by atoms with Crippen molar-refractivity contribution in [2.24, 2.45) is 33.3 Å². The number of piperidine rings is 1. The molecule has 18 nitrogen and oxygen atoms in total. The molecule has 3 aliphatic heterocycles. The van der Waals surface area contributed by atoms with Gasteiger partial charge in [0.1, 0.15) is 34.9 Å². The van der Waals surface area contributed by atoms with E-state index < -0.39 is 0 Å². The third-order valence-electron chi connectivity index (χ3n) is 13.6. The second-order valence-corrected chi connectivity index (χ2v) is 20.8. The molecule has 3 aromatic heterocycles. The Labute approximate surface area is 480 Å². The van der Waals surface area contributed by atoms with Crippen molar-refractivity contribution in [3.05, 3.63) is 151 Å². The Morgan fingerprint density at radius 2 is 1.57 bits per heavy atom. The van der Waals surface area contributed by atoms with Crippen LogP contribution in [0, 0.1) is 37.5 Å². The van der Waals surface area contributed by atoms with Crippen LogP contribution in [0.3, 0.4) is 0 Å². The van der Waals surface area contributed by atoms with Crippen LogP contribution in [0.25, 0.3) is 5.00 Å². The zero-order valence-corrected chi connectivity index (χ0v) is 48.4. The number of halogens is 2. The number of phenolic OH excluding ortho intramolecular Hbond substituents is 1. The highest BCUT2D eigenvalue weighted by Crippen LogP contribution is 2.44. The average Bonchev–Trinajstić information content (AvgIpc) is 4.24. The molecule has 11 N–H and O–H groups in total. The monoisotopic (exact) mass is 1140 g/mol. The normalized spacial score (nSPS) is 16.8. The number of carbonyl (C=O) groups excluding carboxylic acids is 2. The number of likely N-dealkylation sites (tertiary alicyclic amines) is 1. The first-order chi connectivity index (χ1) is 37.5. The minimum atomic E-state index is -0.327. The number of aryl methyl sites for hydroxylation is 2. The van der Waals surface area contributed by atoms with Gasteiger partial charge in [-0.15, -0.1) is 21.5 Å². The molecule has 1 unspecified atom stereocenters. The van der Waals surface area contributed by atoms with Crippen LogP contribution >= 0.6 is 34.5 Å². The van der Waals surface area contributed by atoms with E-state index in [0.29, 0.717) is 30.2 Å². The lowest BCUT2D eigenvalue weighted by Gasteiger charge is -2.55. The number of nitrogens with one attached hydrogen (secondary N) is 2. The molecule has 1 atom stereocenters. The van der Waals surface area contributed by atoms with Crippen molar-refractivity contribution in [3.8, 4) is 16.8 Å². The van der Waals surface area contributed by atoms with Crippen molar-refractivity contribution in [1.82, 2.24) is 35.3 Å². The summed E-state index contributed by atoms with van der Waals surface area (Å²) in [4.78, 5) is 39.2. The van der Waals surface area contributed by atoms with Gasteiger partial charge in [-0.25, -0.2) is 4.98 Å². The molecule has 2 aromatic carbocycles. The van der Waals surface area contributed by atoms with Crippen molar-refractivity contribution in [1.29, 1.82) is 5.26 Å². The molecule has 3 fully saturated rings. The third-order valence-corrected chi connectivity index (χ3v) is 15.2. The van der Waals surface area contributed by atoms with Crippen molar-refractivity contribution in [2.45, 2.75) is 126 Å². The zero-order valence-electron chi connectivity index (χ0n) is 46.1. The standard InChI is InChI=1S/C39H48N10O2S.C7H12ClN3O.C7H4ClNO.2C2H6.CH4/c1-24-25(2)52-38-34(24)35(44-31(21-33-42-17-20-51-33)36-46-45-26(3)49(36)38)27-9-11-29(12-10-27)48-22-39(23-48)15-18-47(19-16-39)32(41)14-13-30(40)37(50)43-28-7-5-4-6-8-28;1-2-11-7(12)5(9)3-4-6(8)10;8-7-3-6(10)2-1-5(7)4-9;2*1-2;/h9-14,17,20,28,31H,4-8,15-16,18-19,21-23,40-41H2,1-3H3,(H,43,50);3-4H,2,9-10H2,1H3,(H,11,12);1-3,10H;2*1-2H3;1H4/b30-13-,32-14+;5-3-,6-4-;;;;. The molecule has 6 heterocycles. The minimum absolute atomic E-state index is 0. The second kappa shape index (κ2) is 30.8. The number of nitrogens with two attached hydrogens (primary N) is 4. The van der Waals surface area contributed by atoms with Gasteiger partial charge < -0.3 is 52.9 Å². The van der Waals surface area contributed by atoms with E-state index >= 15 is 0 Å². The van der Waals surface area contributed by atoms with Crippen molar-refractivity contribution in [3.63, 3.8) is 0 Å². The second-order valence-electron chi connectivity index (χ2n) is 18.7. The van der Waals surface area contributed by atoms with Gasteiger partial charge in [-0.2, -0.15) is 5.26 Å². The number of hydrogen-bond acceptors (Lipinski definition) is 16. The van der Waals surface area contributed by atoms with E-state index in [1.807, 2.05) is 40.7 Å². The fourth-order valence-corrected chi connectivity index (χ4v) is 10.8. The summed E-state index contributed by atoms with van der Waals surface area (Å²) in [5, 5.41) is 33.3. The molecule has 1 spiro atoms. The predicted molar refractivity (Wildman–Crippen MR) is 320 cm³/mol. The number of allylic oxidation sites excluding steroid dienone is 4. The average molecular weight is 1140 g/mol. The maximum absolute atomic E-state index is 12.6. The van der Waals surface area contributed by atoms with Crippen LogP contribution in [0.1, 0.15) is 138 Å². The molecule has 426 valence electrons. The molecule has 0 radical (unpaired) electrons. The predicted octanol–water partition coefficient (Wildman–Crippen LogP) is 9.98. The molecule has 2 amide bonds. The van der Waals surface area contributed by atoms with Gasteiger partial charge in [0.25, 0.3) is 11.8 Å². The Morgan fingerprint density at radius 1 is 0.924 bits per heavy atom. The molecular formula is C58H80Cl2N14O4S. The number of phenols is 1. The lowest BCUT2D eigenvalue weighted by molar-refractivity contribution is -0.118. The van der Waals surface area contributed by atoms with Crippen LogP contribution in [-0.2, 0) is 16.0 Å². The van der Waals surface area contributed by atoms with Crippen molar-refractivity contribution in [2.75, 3.05) is 37.6 Å². The molecular weight excluding hydrogens is 1060 g/mol. The van der Waals surface area contributed by atoms with Crippen molar-refractivity contribution >= 4 is 57.8 Å². The van der Waals surface area contributed by atoms with E-state index in [1.165, 1.54) is 52.9 Å². The summed E-state index contributed by atoms with van der Waals surface area (Å²) in [6.07, 6.45) is 17.7. The van der Waals surface area contributed by atoms with Crippen LogP contribution < -0.4 is 38.5 Å². The van der Waals surface area contributed by atoms with Crippen LogP contribution in [0.5, 0.6) is 5.75 Å². The molecule has 1 saturated carbocycles. The molecule has 0 bridgehead atoms. The van der Waals surface area contributed by atoms with Gasteiger partial charge in [0.05, 0.1) is 51.3 Å². The fourth-order valence-electron chi connectivity index (χ4n) is 9.35. The summed E-state index contributed by atoms with van der Waals surface area (Å²) < 4.78 is 7.81. The SMILES string of the molecule is C.CC.CC.CCNC(=O)/C(N)=C/C=C(\N)Cl.Cc1sc2c(c1C)C(c1ccc(N3CC4(CCN(/C(N)=C/C=C(\N)C(=O)NC5CCCCC5)CC4)C3)cc1)=NC(Cc1ncco1)c1nnc(C)n1-2.N#Cc1ccc(O)cc1Cl. The first-order valence-corrected chi connectivity index (χ1v) is 28.1. The minimum Gasteiger partial charge on any atom is -0.508 e. The Morgan fingerprint density at radius 3 is 2.16 bits per heavy atom. The number of nitrogens with zero attached hydrogens (tertiary/aromatic N) is 8. The largest absolute Gasteiger partial charge is 0.508 e. The lowest BCUT2D eigenvalue weighted by Crippen LogP contribution is -2.60. The maximum atomic E-state index is 12.6. The Hall–Kier alpha value is -7.27. The van der Waals surface area contributed by atoms with Gasteiger partial charge >= 0.3 is 0 Å². The van der Waals surface area contributed by atoms with Gasteiger partial charge in [0.15, 0.2) is 11.7 Å². The molecule has 5 aromatic rings. The number of carbonyl (C=O) groups is 2. The quantitative estimate of drug-likeness (QED) is 0.0368. The lowest BCUT2D eigenvalue weighted by atomic mass is 9.71. The number of anilines is 1. The number of rotatable bonds is 11. The Bertz CT molecular complexity index is 2980. The van der Waals surface area contributed by atoms with Crippen LogP contribution in [0.4, 0.5) is 5.69 Å². The fraction of sp³-hybridized carbons (Fsp3) is 0.431. The highest BCUT2D eigenvalue weighted by atomic mass is 35.5. The number of hydrogen-bond donors (Lipinski definition) is 7. The summed E-state index contributed by atoms with van der Waals surface area (Å²) in [5.41, 5.74) is 29.6. The molecule has 9 rings (SSSR count). The summed E-state index contributed by atoms with van der Waals surface area (Å²) >= 11 is 12.6. The highest BCUT2D eigenvalue weighted by molar-refractivity contribution is 7.15. The summed E-state index contributed by atoms with van der Waals surface area (Å²) in [6.45, 7) is 20.5. The van der Waals surface area contributed by atoms with E-state index in [4.69, 9.17) is 65.9 Å². The number of aliphatic imine (C=N–C) groups is 1. The van der Waals surface area contributed by atoms with Gasteiger partial charge in [-0.1, -0.05) is 89.7 Å². The van der Waals surface area contributed by atoms with E-state index in [1.54, 1.807) is 42.9 Å². The van der Waals surface area contributed by atoms with Gasteiger partial charge in [-0.3, -0.25) is 19.1 Å². The van der Waals surface area contributed by atoms with Crippen LogP contribution in [-0.4, -0.2) is 86.0 Å². The van der Waals surface area contributed by atoms with E-state index in [-0.39, 0.29) is 64.1 Å². The summed E-state index contributed by atoms with van der Waals surface area (Å²) in [5.74, 6) is 2.47. The number of nitriles is 1.